The lowest BCUT2D eigenvalue weighted by atomic mass is 10.5. The van der Waals surface area contributed by atoms with Crippen molar-refractivity contribution < 1.29 is 13.9 Å². The van der Waals surface area contributed by atoms with E-state index in [-0.39, 0.29) is 18.6 Å². The van der Waals surface area contributed by atoms with E-state index in [0.29, 0.717) is 12.6 Å². The maximum atomic E-state index is 13.4. The van der Waals surface area contributed by atoms with Crippen molar-refractivity contribution in [1.82, 2.24) is 9.97 Å². The highest BCUT2D eigenvalue weighted by Gasteiger charge is 2.08. The quantitative estimate of drug-likeness (QED) is 0.724. The van der Waals surface area contributed by atoms with Gasteiger partial charge < -0.3 is 14.8 Å². The van der Waals surface area contributed by atoms with Crippen LogP contribution in [0.15, 0.2) is 6.20 Å². The second-order valence-corrected chi connectivity index (χ2v) is 4.04. The van der Waals surface area contributed by atoms with Gasteiger partial charge in [-0.2, -0.15) is 9.37 Å². The first-order valence-corrected chi connectivity index (χ1v) is 6.14. The van der Waals surface area contributed by atoms with Crippen LogP contribution in [-0.2, 0) is 4.74 Å². The summed E-state index contributed by atoms with van der Waals surface area (Å²) in [7, 11) is 0. The van der Waals surface area contributed by atoms with E-state index >= 15 is 0 Å². The second-order valence-electron chi connectivity index (χ2n) is 4.04. The Labute approximate surface area is 107 Å². The summed E-state index contributed by atoms with van der Waals surface area (Å²) in [5.41, 5.74) is 0. The van der Waals surface area contributed by atoms with Crippen molar-refractivity contribution in [3.63, 3.8) is 0 Å². The van der Waals surface area contributed by atoms with Crippen LogP contribution in [0.1, 0.15) is 27.2 Å². The average Bonchev–Trinajstić information content (AvgIpc) is 2.34. The fourth-order valence-electron chi connectivity index (χ4n) is 1.20. The van der Waals surface area contributed by atoms with E-state index in [0.717, 1.165) is 19.2 Å². The van der Waals surface area contributed by atoms with Gasteiger partial charge in [-0.3, -0.25) is 0 Å². The van der Waals surface area contributed by atoms with Crippen LogP contribution < -0.4 is 10.1 Å². The third-order valence-corrected chi connectivity index (χ3v) is 2.02. The van der Waals surface area contributed by atoms with Crippen molar-refractivity contribution in [2.24, 2.45) is 0 Å². The summed E-state index contributed by atoms with van der Waals surface area (Å²) in [6.45, 7) is 7.28. The lowest BCUT2D eigenvalue weighted by Gasteiger charge is -2.10. The fourth-order valence-corrected chi connectivity index (χ4v) is 1.20. The van der Waals surface area contributed by atoms with E-state index in [2.05, 4.69) is 15.3 Å². The Bertz CT molecular complexity index is 361. The normalized spacial score (nSPS) is 10.7. The minimum Gasteiger partial charge on any atom is -0.473 e. The first-order valence-electron chi connectivity index (χ1n) is 6.14. The van der Waals surface area contributed by atoms with Gasteiger partial charge in [0.25, 0.3) is 5.88 Å². The highest BCUT2D eigenvalue weighted by atomic mass is 19.1. The van der Waals surface area contributed by atoms with E-state index < -0.39 is 5.82 Å². The van der Waals surface area contributed by atoms with Gasteiger partial charge in [0.2, 0.25) is 11.8 Å². The molecule has 1 aromatic rings. The number of halogens is 1. The Hall–Kier alpha value is -1.43. The zero-order valence-electron chi connectivity index (χ0n) is 11.1. The van der Waals surface area contributed by atoms with Crippen LogP contribution in [0.3, 0.4) is 0 Å². The summed E-state index contributed by atoms with van der Waals surface area (Å²) >= 11 is 0. The van der Waals surface area contributed by atoms with Crippen LogP contribution in [0, 0.1) is 5.82 Å². The van der Waals surface area contributed by atoms with E-state index in [1.54, 1.807) is 0 Å². The first kappa shape index (κ1) is 14.6. The lowest BCUT2D eigenvalue weighted by Crippen LogP contribution is -2.13. The van der Waals surface area contributed by atoms with Crippen LogP contribution in [0.2, 0.25) is 0 Å². The molecule has 0 amide bonds. The molecule has 0 unspecified atom stereocenters. The van der Waals surface area contributed by atoms with E-state index in [1.807, 2.05) is 20.8 Å². The fraction of sp³-hybridized carbons (Fsp3) is 0.667. The van der Waals surface area contributed by atoms with Crippen LogP contribution in [0.5, 0.6) is 5.88 Å². The molecule has 1 heterocycles. The molecule has 6 heteroatoms. The van der Waals surface area contributed by atoms with Crippen molar-refractivity contribution in [2.75, 3.05) is 25.1 Å². The number of aromatic nitrogens is 2. The molecule has 1 aromatic heterocycles. The molecule has 0 saturated heterocycles. The molecule has 18 heavy (non-hydrogen) atoms. The number of rotatable bonds is 8. The topological polar surface area (TPSA) is 56.3 Å². The molecule has 0 atom stereocenters. The molecule has 0 fully saturated rings. The van der Waals surface area contributed by atoms with Crippen molar-refractivity contribution in [3.8, 4) is 5.88 Å². The molecule has 1 rings (SSSR count). The molecule has 0 spiro atoms. The maximum Gasteiger partial charge on any atom is 0.255 e. The van der Waals surface area contributed by atoms with Crippen LogP contribution in [-0.4, -0.2) is 35.8 Å². The minimum absolute atomic E-state index is 0.0454. The Kier molecular flexibility index (Phi) is 6.35. The van der Waals surface area contributed by atoms with E-state index in [1.165, 1.54) is 0 Å². The summed E-state index contributed by atoms with van der Waals surface area (Å²) in [5, 5.41) is 2.97. The monoisotopic (exact) mass is 257 g/mol. The zero-order chi connectivity index (χ0) is 13.4. The number of nitrogens with one attached hydrogen (secondary N) is 1. The minimum atomic E-state index is -0.568. The Morgan fingerprint density at radius 2 is 2.17 bits per heavy atom. The van der Waals surface area contributed by atoms with Gasteiger partial charge in [-0.15, -0.1) is 0 Å². The summed E-state index contributed by atoms with van der Waals surface area (Å²) < 4.78 is 23.9. The first-order chi connectivity index (χ1) is 8.63. The average molecular weight is 257 g/mol. The van der Waals surface area contributed by atoms with Gasteiger partial charge >= 0.3 is 0 Å². The van der Waals surface area contributed by atoms with Crippen molar-refractivity contribution in [3.05, 3.63) is 12.0 Å². The van der Waals surface area contributed by atoms with Crippen LogP contribution in [0.4, 0.5) is 10.3 Å². The number of nitrogens with zero attached hydrogens (tertiary/aromatic N) is 2. The highest BCUT2D eigenvalue weighted by Crippen LogP contribution is 2.14. The van der Waals surface area contributed by atoms with Crippen LogP contribution in [0.25, 0.3) is 0 Å². The molecule has 1 N–H and O–H groups in total. The maximum absolute atomic E-state index is 13.4. The molecular formula is C12H20FN3O2. The number of anilines is 1. The Morgan fingerprint density at radius 1 is 1.39 bits per heavy atom. The highest BCUT2D eigenvalue weighted by molar-refractivity contribution is 5.28. The lowest BCUT2D eigenvalue weighted by molar-refractivity contribution is 0.0533. The van der Waals surface area contributed by atoms with Gasteiger partial charge in [-0.25, -0.2) is 4.98 Å². The largest absolute Gasteiger partial charge is 0.473 e. The smallest absolute Gasteiger partial charge is 0.255 e. The molecule has 0 aliphatic carbocycles. The molecule has 0 aromatic carbocycles. The van der Waals surface area contributed by atoms with Crippen molar-refractivity contribution >= 4 is 5.95 Å². The predicted molar refractivity (Wildman–Crippen MR) is 67.4 cm³/mol. The standard InChI is InChI=1S/C12H20FN3O2/c1-4-5-14-12-15-8-10(13)11(16-12)18-7-6-17-9(2)3/h8-9H,4-7H2,1-3H3,(H,14,15,16). The molecule has 0 saturated carbocycles. The summed E-state index contributed by atoms with van der Waals surface area (Å²) in [4.78, 5) is 7.78. The van der Waals surface area contributed by atoms with Crippen molar-refractivity contribution in [1.29, 1.82) is 0 Å². The van der Waals surface area contributed by atoms with Gasteiger partial charge in [-0.1, -0.05) is 6.92 Å². The predicted octanol–water partition coefficient (Wildman–Crippen LogP) is 2.24. The third-order valence-electron chi connectivity index (χ3n) is 2.02. The van der Waals surface area contributed by atoms with Gasteiger partial charge in [0.05, 0.1) is 18.9 Å². The third kappa shape index (κ3) is 5.27. The number of hydrogen-bond donors (Lipinski definition) is 1. The Morgan fingerprint density at radius 3 is 2.83 bits per heavy atom. The zero-order valence-corrected chi connectivity index (χ0v) is 11.1. The van der Waals surface area contributed by atoms with Gasteiger partial charge in [0.1, 0.15) is 6.61 Å². The molecule has 5 nitrogen and oxygen atoms in total. The summed E-state index contributed by atoms with van der Waals surface area (Å²) in [5.74, 6) is -0.240. The van der Waals surface area contributed by atoms with Gasteiger partial charge in [0, 0.05) is 6.54 Å². The summed E-state index contributed by atoms with van der Waals surface area (Å²) in [6, 6.07) is 0. The van der Waals surface area contributed by atoms with Crippen molar-refractivity contribution in [2.45, 2.75) is 33.3 Å². The molecule has 0 bridgehead atoms. The molecule has 0 aliphatic rings. The molecule has 0 aliphatic heterocycles. The van der Waals surface area contributed by atoms with E-state index in [9.17, 15) is 4.39 Å². The Balaban J connectivity index is 2.47. The molecule has 102 valence electrons. The van der Waals surface area contributed by atoms with Gasteiger partial charge in [-0.05, 0) is 20.3 Å². The molecule has 0 radical (unpaired) electrons. The summed E-state index contributed by atoms with van der Waals surface area (Å²) in [6.07, 6.45) is 2.17. The SMILES string of the molecule is CCCNc1ncc(F)c(OCCOC(C)C)n1. The van der Waals surface area contributed by atoms with Gasteiger partial charge in [0.15, 0.2) is 0 Å². The number of ether oxygens (including phenoxy) is 2. The van der Waals surface area contributed by atoms with Crippen LogP contribution >= 0.6 is 0 Å². The molecular weight excluding hydrogens is 237 g/mol. The van der Waals surface area contributed by atoms with E-state index in [4.69, 9.17) is 9.47 Å². The number of hydrogen-bond acceptors (Lipinski definition) is 5. The second kappa shape index (κ2) is 7.81.